The summed E-state index contributed by atoms with van der Waals surface area (Å²) in [6, 6.07) is 3.62. The van der Waals surface area contributed by atoms with E-state index in [0.717, 1.165) is 54.3 Å². The maximum atomic E-state index is 13.3. The molecule has 10 nitrogen and oxygen atoms in total. The molecule has 1 aliphatic rings. The van der Waals surface area contributed by atoms with E-state index < -0.39 is 0 Å². The SMILES string of the molecule is CCn1cc(CN2CCN(C(=O)c3cc4nccc(-c5nn(CC)cc5Br)n4n3)CC2)c(C)n1. The molecule has 0 aromatic carbocycles. The van der Waals surface area contributed by atoms with Gasteiger partial charge in [0.1, 0.15) is 5.69 Å². The number of aromatic nitrogens is 7. The summed E-state index contributed by atoms with van der Waals surface area (Å²) in [5, 5.41) is 13.8. The number of halogens is 1. The Morgan fingerprint density at radius 3 is 2.44 bits per heavy atom. The van der Waals surface area contributed by atoms with Crippen molar-refractivity contribution < 1.29 is 4.79 Å². The van der Waals surface area contributed by atoms with E-state index in [9.17, 15) is 4.79 Å². The van der Waals surface area contributed by atoms with Crippen LogP contribution >= 0.6 is 15.9 Å². The van der Waals surface area contributed by atoms with Gasteiger partial charge in [-0.3, -0.25) is 19.1 Å². The van der Waals surface area contributed by atoms with Gasteiger partial charge in [-0.1, -0.05) is 0 Å². The smallest absolute Gasteiger partial charge is 0.274 e. The van der Waals surface area contributed by atoms with Crippen LogP contribution in [0.2, 0.25) is 0 Å². The van der Waals surface area contributed by atoms with Gasteiger partial charge in [0.05, 0.1) is 15.9 Å². The van der Waals surface area contributed by atoms with E-state index in [4.69, 9.17) is 0 Å². The molecule has 1 amide bonds. The number of hydrogen-bond acceptors (Lipinski definition) is 6. The first-order valence-electron chi connectivity index (χ1n) is 11.6. The van der Waals surface area contributed by atoms with E-state index in [1.54, 1.807) is 16.8 Å². The molecular formula is C23H28BrN9O. The minimum atomic E-state index is -0.0655. The molecule has 11 heteroatoms. The van der Waals surface area contributed by atoms with Gasteiger partial charge in [0, 0.05) is 76.0 Å². The van der Waals surface area contributed by atoms with Crippen LogP contribution in [0, 0.1) is 6.92 Å². The largest absolute Gasteiger partial charge is 0.335 e. The van der Waals surface area contributed by atoms with Crippen LogP contribution in [0.25, 0.3) is 17.0 Å². The highest BCUT2D eigenvalue weighted by atomic mass is 79.9. The second-order valence-electron chi connectivity index (χ2n) is 8.47. The number of carbonyl (C=O) groups is 1. The van der Waals surface area contributed by atoms with Crippen molar-refractivity contribution in [3.05, 3.63) is 52.1 Å². The number of nitrogens with zero attached hydrogens (tertiary/aromatic N) is 9. The van der Waals surface area contributed by atoms with Gasteiger partial charge in [-0.15, -0.1) is 0 Å². The highest BCUT2D eigenvalue weighted by Gasteiger charge is 2.25. The topological polar surface area (TPSA) is 89.4 Å². The van der Waals surface area contributed by atoms with E-state index in [1.165, 1.54) is 5.56 Å². The lowest BCUT2D eigenvalue weighted by atomic mass is 10.2. The number of hydrogen-bond donors (Lipinski definition) is 0. The average Bonchev–Trinajstić information content (AvgIpc) is 3.55. The molecule has 0 aliphatic carbocycles. The van der Waals surface area contributed by atoms with Gasteiger partial charge in [0.25, 0.3) is 5.91 Å². The van der Waals surface area contributed by atoms with E-state index in [-0.39, 0.29) is 5.91 Å². The normalized spacial score (nSPS) is 14.9. The minimum absolute atomic E-state index is 0.0655. The molecule has 5 heterocycles. The van der Waals surface area contributed by atoms with E-state index in [2.05, 4.69) is 61.2 Å². The molecule has 0 bridgehead atoms. The summed E-state index contributed by atoms with van der Waals surface area (Å²) in [6.45, 7) is 11.7. The molecule has 0 unspecified atom stereocenters. The van der Waals surface area contributed by atoms with Crippen molar-refractivity contribution in [2.24, 2.45) is 0 Å². The zero-order valence-corrected chi connectivity index (χ0v) is 21.2. The molecule has 0 spiro atoms. The Balaban J connectivity index is 1.30. The van der Waals surface area contributed by atoms with Gasteiger partial charge in [-0.2, -0.15) is 15.3 Å². The Bertz CT molecular complexity index is 1330. The lowest BCUT2D eigenvalue weighted by Gasteiger charge is -2.34. The predicted molar refractivity (Wildman–Crippen MR) is 131 cm³/mol. The van der Waals surface area contributed by atoms with Crippen molar-refractivity contribution in [3.63, 3.8) is 0 Å². The molecule has 0 saturated carbocycles. The molecule has 0 atom stereocenters. The van der Waals surface area contributed by atoms with Gasteiger partial charge < -0.3 is 4.90 Å². The first-order valence-corrected chi connectivity index (χ1v) is 12.4. The number of aryl methyl sites for hydroxylation is 3. The zero-order valence-electron chi connectivity index (χ0n) is 19.6. The Labute approximate surface area is 206 Å². The number of piperazine rings is 1. The molecule has 4 aromatic rings. The standard InChI is InChI=1S/C23H28BrN9O/c1-4-31-14-17(16(3)26-31)13-29-8-10-30(11-9-29)23(34)19-12-21-25-7-6-20(33(21)27-19)22-18(24)15-32(5-2)28-22/h6-7,12,14-15H,4-5,8-11,13H2,1-3H3. The third-order valence-electron chi connectivity index (χ3n) is 6.29. The fourth-order valence-electron chi connectivity index (χ4n) is 4.30. The Kier molecular flexibility index (Phi) is 6.22. The Morgan fingerprint density at radius 1 is 1.03 bits per heavy atom. The lowest BCUT2D eigenvalue weighted by molar-refractivity contribution is 0.0622. The first kappa shape index (κ1) is 22.7. The van der Waals surface area contributed by atoms with Gasteiger partial charge in [0.2, 0.25) is 0 Å². The summed E-state index contributed by atoms with van der Waals surface area (Å²) >= 11 is 3.59. The van der Waals surface area contributed by atoms with E-state index in [0.29, 0.717) is 24.4 Å². The number of carbonyl (C=O) groups excluding carboxylic acids is 1. The van der Waals surface area contributed by atoms with Crippen molar-refractivity contribution >= 4 is 27.5 Å². The van der Waals surface area contributed by atoms with Crippen LogP contribution in [0.1, 0.15) is 35.6 Å². The quantitative estimate of drug-likeness (QED) is 0.384. The third-order valence-corrected chi connectivity index (χ3v) is 6.87. The maximum Gasteiger partial charge on any atom is 0.274 e. The number of fused-ring (bicyclic) bond motifs is 1. The molecule has 4 aromatic heterocycles. The molecule has 1 saturated heterocycles. The second-order valence-corrected chi connectivity index (χ2v) is 9.33. The second kappa shape index (κ2) is 9.30. The predicted octanol–water partition coefficient (Wildman–Crippen LogP) is 2.86. The van der Waals surface area contributed by atoms with Crippen molar-refractivity contribution in [2.45, 2.75) is 40.4 Å². The molecule has 34 heavy (non-hydrogen) atoms. The van der Waals surface area contributed by atoms with Crippen molar-refractivity contribution in [1.29, 1.82) is 0 Å². The molecular weight excluding hydrogens is 498 g/mol. The van der Waals surface area contributed by atoms with Crippen LogP contribution in [0.4, 0.5) is 0 Å². The van der Waals surface area contributed by atoms with Crippen LogP contribution in [0.3, 0.4) is 0 Å². The zero-order chi connectivity index (χ0) is 23.8. The molecule has 0 radical (unpaired) electrons. The van der Waals surface area contributed by atoms with Gasteiger partial charge in [-0.25, -0.2) is 9.50 Å². The van der Waals surface area contributed by atoms with Crippen LogP contribution in [-0.4, -0.2) is 76.0 Å². The maximum absolute atomic E-state index is 13.3. The van der Waals surface area contributed by atoms with Gasteiger partial charge >= 0.3 is 0 Å². The summed E-state index contributed by atoms with van der Waals surface area (Å²) < 4.78 is 6.41. The number of rotatable bonds is 6. The highest BCUT2D eigenvalue weighted by molar-refractivity contribution is 9.10. The van der Waals surface area contributed by atoms with Crippen LogP contribution < -0.4 is 0 Å². The first-order chi connectivity index (χ1) is 16.5. The summed E-state index contributed by atoms with van der Waals surface area (Å²) in [4.78, 5) is 21.9. The summed E-state index contributed by atoms with van der Waals surface area (Å²) in [5.74, 6) is -0.0655. The highest BCUT2D eigenvalue weighted by Crippen LogP contribution is 2.27. The van der Waals surface area contributed by atoms with Crippen molar-refractivity contribution in [3.8, 4) is 11.4 Å². The summed E-state index contributed by atoms with van der Waals surface area (Å²) in [5.41, 5.74) is 4.91. The van der Waals surface area contributed by atoms with Crippen LogP contribution in [0.15, 0.2) is 35.2 Å². The fourth-order valence-corrected chi connectivity index (χ4v) is 4.82. The third kappa shape index (κ3) is 4.25. The van der Waals surface area contributed by atoms with Crippen LogP contribution in [-0.2, 0) is 19.6 Å². The molecule has 1 fully saturated rings. The van der Waals surface area contributed by atoms with E-state index >= 15 is 0 Å². The molecule has 1 aliphatic heterocycles. The van der Waals surface area contributed by atoms with Crippen LogP contribution in [0.5, 0.6) is 0 Å². The van der Waals surface area contributed by atoms with E-state index in [1.807, 2.05) is 33.5 Å². The molecule has 178 valence electrons. The van der Waals surface area contributed by atoms with Crippen molar-refractivity contribution in [1.82, 2.24) is 44.0 Å². The summed E-state index contributed by atoms with van der Waals surface area (Å²) in [7, 11) is 0. The van der Waals surface area contributed by atoms with Gasteiger partial charge in [0.15, 0.2) is 11.3 Å². The minimum Gasteiger partial charge on any atom is -0.335 e. The molecule has 5 rings (SSSR count). The van der Waals surface area contributed by atoms with Gasteiger partial charge in [-0.05, 0) is 42.8 Å². The fraction of sp³-hybridized carbons (Fsp3) is 0.435. The Hall–Kier alpha value is -3.05. The monoisotopic (exact) mass is 525 g/mol. The number of amides is 1. The average molecular weight is 526 g/mol. The lowest BCUT2D eigenvalue weighted by Crippen LogP contribution is -2.48. The van der Waals surface area contributed by atoms with Crippen molar-refractivity contribution in [2.75, 3.05) is 26.2 Å². The Morgan fingerprint density at radius 2 is 1.76 bits per heavy atom. The molecule has 0 N–H and O–H groups in total. The summed E-state index contributed by atoms with van der Waals surface area (Å²) in [6.07, 6.45) is 5.78.